The zero-order valence-electron chi connectivity index (χ0n) is 23.3. The first-order valence-electron chi connectivity index (χ1n) is 14.2. The Morgan fingerprint density at radius 1 is 0.763 bits per heavy atom. The van der Waals surface area contributed by atoms with Gasteiger partial charge in [-0.25, -0.2) is 0 Å². The van der Waals surface area contributed by atoms with Crippen LogP contribution in [-0.2, 0) is 33.3 Å². The maximum absolute atomic E-state index is 12.3. The van der Waals surface area contributed by atoms with Gasteiger partial charge in [0, 0.05) is 25.8 Å². The van der Waals surface area contributed by atoms with Gasteiger partial charge in [-0.05, 0) is 19.3 Å². The maximum atomic E-state index is 12.3. The smallest absolute Gasteiger partial charge is 0.306 e. The Balaban J connectivity index is 2.70. The highest BCUT2D eigenvalue weighted by Crippen LogP contribution is 2.22. The van der Waals surface area contributed by atoms with Crippen LogP contribution in [0.2, 0.25) is 0 Å². The normalized spacial score (nSPS) is 24.0. The highest BCUT2D eigenvalue weighted by atomic mass is 16.7. The van der Waals surface area contributed by atoms with E-state index >= 15 is 0 Å². The fourth-order valence-corrected chi connectivity index (χ4v) is 3.92. The van der Waals surface area contributed by atoms with E-state index in [9.17, 15) is 29.7 Å². The third kappa shape index (κ3) is 13.8. The monoisotopic (exact) mass is 547 g/mol. The van der Waals surface area contributed by atoms with Gasteiger partial charge < -0.3 is 39.6 Å². The van der Waals surface area contributed by atoms with Crippen molar-refractivity contribution in [2.75, 3.05) is 19.8 Å². The summed E-state index contributed by atoms with van der Waals surface area (Å²) in [4.78, 5) is 36.4. The van der Waals surface area contributed by atoms with Crippen LogP contribution in [0.1, 0.15) is 97.8 Å². The first-order chi connectivity index (χ1) is 18.2. The van der Waals surface area contributed by atoms with E-state index in [1.807, 2.05) is 20.8 Å². The van der Waals surface area contributed by atoms with Crippen molar-refractivity contribution in [3.05, 3.63) is 0 Å². The molecule has 11 nitrogen and oxygen atoms in total. The molecular formula is C27H49NO10. The number of carbonyl (C=O) groups is 3. The van der Waals surface area contributed by atoms with Gasteiger partial charge in [-0.15, -0.1) is 0 Å². The van der Waals surface area contributed by atoms with Crippen molar-refractivity contribution in [3.8, 4) is 0 Å². The first-order valence-corrected chi connectivity index (χ1v) is 14.2. The third-order valence-corrected chi connectivity index (χ3v) is 6.32. The molecule has 38 heavy (non-hydrogen) atoms. The van der Waals surface area contributed by atoms with Crippen molar-refractivity contribution < 1.29 is 48.7 Å². The number of nitrogens with one attached hydrogen (secondary N) is 1. The SMILES string of the molecule is CCCCCC(=O)NC[C@H]1O[C@H](OC[C@@H](COC(=O)CCCCC)OC(=O)CCCCC)[C@@H](O)[C@@H](O)[C@@H]1O. The van der Waals surface area contributed by atoms with Gasteiger partial charge >= 0.3 is 11.9 Å². The minimum absolute atomic E-state index is 0.0824. The number of carbonyl (C=O) groups excluding carboxylic acids is 3. The third-order valence-electron chi connectivity index (χ3n) is 6.32. The summed E-state index contributed by atoms with van der Waals surface area (Å²) in [6.07, 6.45) is 0.555. The molecule has 0 aliphatic carbocycles. The standard InChI is InChI=1S/C27H49NO10/c1-4-7-10-13-21(29)28-16-20-24(32)25(33)26(34)27(38-20)36-18-19(37-23(31)15-12-9-6-3)17-35-22(30)14-11-8-5-2/h19-20,24-27,32-34H,4-18H2,1-3H3,(H,28,29)/t19-,20-,24-,25+,26+,27+/m1/s1. The molecular weight excluding hydrogens is 498 g/mol. The van der Waals surface area contributed by atoms with E-state index in [0.29, 0.717) is 19.3 Å². The van der Waals surface area contributed by atoms with E-state index in [1.165, 1.54) is 0 Å². The Kier molecular flexibility index (Phi) is 18.2. The van der Waals surface area contributed by atoms with Gasteiger partial charge in [0.1, 0.15) is 31.0 Å². The average Bonchev–Trinajstić information content (AvgIpc) is 2.89. The molecule has 0 aromatic carbocycles. The molecule has 1 heterocycles. The molecule has 0 bridgehead atoms. The van der Waals surface area contributed by atoms with Crippen LogP contribution in [0.5, 0.6) is 0 Å². The summed E-state index contributed by atoms with van der Waals surface area (Å²) < 4.78 is 22.0. The van der Waals surface area contributed by atoms with E-state index < -0.39 is 48.7 Å². The average molecular weight is 548 g/mol. The van der Waals surface area contributed by atoms with Gasteiger partial charge in [0.25, 0.3) is 0 Å². The van der Waals surface area contributed by atoms with Gasteiger partial charge in [-0.1, -0.05) is 59.3 Å². The lowest BCUT2D eigenvalue weighted by molar-refractivity contribution is -0.299. The molecule has 0 aromatic heterocycles. The lowest BCUT2D eigenvalue weighted by Gasteiger charge is -2.40. The van der Waals surface area contributed by atoms with Crippen LogP contribution in [0.25, 0.3) is 0 Å². The molecule has 1 rings (SSSR count). The summed E-state index contributed by atoms with van der Waals surface area (Å²) >= 11 is 0. The molecule has 0 saturated carbocycles. The quantitative estimate of drug-likeness (QED) is 0.131. The van der Waals surface area contributed by atoms with Crippen molar-refractivity contribution in [2.45, 2.75) is 135 Å². The van der Waals surface area contributed by atoms with Gasteiger partial charge in [-0.2, -0.15) is 0 Å². The Labute approximate surface area is 226 Å². The highest BCUT2D eigenvalue weighted by Gasteiger charge is 2.44. The van der Waals surface area contributed by atoms with E-state index in [-0.39, 0.29) is 38.5 Å². The summed E-state index contributed by atoms with van der Waals surface area (Å²) in [5.41, 5.74) is 0. The minimum Gasteiger partial charge on any atom is -0.462 e. The Morgan fingerprint density at radius 3 is 1.95 bits per heavy atom. The van der Waals surface area contributed by atoms with Crippen LogP contribution < -0.4 is 5.32 Å². The van der Waals surface area contributed by atoms with E-state index in [0.717, 1.165) is 44.9 Å². The summed E-state index contributed by atoms with van der Waals surface area (Å²) in [6.45, 7) is 5.50. The largest absolute Gasteiger partial charge is 0.462 e. The van der Waals surface area contributed by atoms with Crippen LogP contribution in [0.15, 0.2) is 0 Å². The lowest BCUT2D eigenvalue weighted by atomic mass is 9.98. The van der Waals surface area contributed by atoms with Crippen LogP contribution in [0.4, 0.5) is 0 Å². The predicted molar refractivity (Wildman–Crippen MR) is 139 cm³/mol. The minimum atomic E-state index is -1.58. The zero-order valence-corrected chi connectivity index (χ0v) is 23.3. The fourth-order valence-electron chi connectivity index (χ4n) is 3.92. The summed E-state index contributed by atoms with van der Waals surface area (Å²) in [7, 11) is 0. The van der Waals surface area contributed by atoms with E-state index in [4.69, 9.17) is 18.9 Å². The molecule has 1 saturated heterocycles. The Bertz CT molecular complexity index is 676. The van der Waals surface area contributed by atoms with Crippen molar-refractivity contribution >= 4 is 17.8 Å². The molecule has 0 spiro atoms. The summed E-state index contributed by atoms with van der Waals surface area (Å²) in [6, 6.07) is 0. The predicted octanol–water partition coefficient (Wildman–Crippen LogP) is 2.12. The number of esters is 2. The molecule has 6 atom stereocenters. The topological polar surface area (TPSA) is 161 Å². The molecule has 1 aliphatic heterocycles. The van der Waals surface area contributed by atoms with E-state index in [2.05, 4.69) is 5.32 Å². The molecule has 1 aliphatic rings. The van der Waals surface area contributed by atoms with E-state index in [1.54, 1.807) is 0 Å². The number of ether oxygens (including phenoxy) is 4. The van der Waals surface area contributed by atoms with Crippen LogP contribution in [0, 0.1) is 0 Å². The molecule has 4 N–H and O–H groups in total. The van der Waals surface area contributed by atoms with Crippen molar-refractivity contribution in [1.29, 1.82) is 0 Å². The van der Waals surface area contributed by atoms with Gasteiger partial charge in [-0.3, -0.25) is 14.4 Å². The number of aliphatic hydroxyl groups excluding tert-OH is 3. The maximum Gasteiger partial charge on any atom is 0.306 e. The second kappa shape index (κ2) is 20.2. The van der Waals surface area contributed by atoms with Crippen LogP contribution in [0.3, 0.4) is 0 Å². The number of amides is 1. The number of unbranched alkanes of at least 4 members (excludes halogenated alkanes) is 6. The number of rotatable bonds is 20. The van der Waals surface area contributed by atoms with Gasteiger partial charge in [0.2, 0.25) is 5.91 Å². The lowest BCUT2D eigenvalue weighted by Crippen LogP contribution is -2.60. The number of hydrogen-bond donors (Lipinski definition) is 4. The molecule has 1 amide bonds. The summed E-state index contributed by atoms with van der Waals surface area (Å²) in [5.74, 6) is -1.07. The van der Waals surface area contributed by atoms with Crippen molar-refractivity contribution in [2.24, 2.45) is 0 Å². The van der Waals surface area contributed by atoms with Gasteiger partial charge in [0.15, 0.2) is 12.4 Å². The molecule has 0 unspecified atom stereocenters. The zero-order chi connectivity index (χ0) is 28.3. The highest BCUT2D eigenvalue weighted by molar-refractivity contribution is 5.75. The molecule has 222 valence electrons. The molecule has 1 fully saturated rings. The Hall–Kier alpha value is -1.79. The molecule has 0 radical (unpaired) electrons. The second-order valence-corrected chi connectivity index (χ2v) is 9.82. The van der Waals surface area contributed by atoms with Crippen LogP contribution >= 0.6 is 0 Å². The second-order valence-electron chi connectivity index (χ2n) is 9.82. The molecule has 0 aromatic rings. The first kappa shape index (κ1) is 34.2. The van der Waals surface area contributed by atoms with Gasteiger partial charge in [0.05, 0.1) is 6.61 Å². The Morgan fingerprint density at radius 2 is 1.34 bits per heavy atom. The van der Waals surface area contributed by atoms with Crippen molar-refractivity contribution in [3.63, 3.8) is 0 Å². The molecule has 11 heteroatoms. The van der Waals surface area contributed by atoms with Crippen molar-refractivity contribution in [1.82, 2.24) is 5.32 Å². The fraction of sp³-hybridized carbons (Fsp3) is 0.889. The summed E-state index contributed by atoms with van der Waals surface area (Å²) in [5, 5.41) is 33.7. The number of aliphatic hydroxyl groups is 3. The van der Waals surface area contributed by atoms with Crippen LogP contribution in [-0.4, -0.2) is 89.7 Å². The number of hydrogen-bond acceptors (Lipinski definition) is 10.